The van der Waals surface area contributed by atoms with Gasteiger partial charge in [-0.15, -0.1) is 10.2 Å². The Bertz CT molecular complexity index is 962. The molecule has 0 bridgehead atoms. The standard InChI is InChI=1S/C24H33FN6O3/c1-4-34-22(32)14-9-16-5-7-17(8-6-16)15-26-23-18(10-11-19(25)27-23)24(33)28-20-12-13-21(30-29-20)31(2)3/h10-13,16-17H,4-9,14-15H2,1-3H3,(H,26,27)(H,28,29,33). The number of nitrogens with zero attached hydrogens (tertiary/aromatic N) is 4. The number of aromatic nitrogens is 3. The SMILES string of the molecule is CCOC(=O)CCC1CCC(CNc2nc(F)ccc2C(=O)Nc2ccc(N(C)C)nn2)CC1. The zero-order valence-corrected chi connectivity index (χ0v) is 20.0. The van der Waals surface area contributed by atoms with Crippen molar-refractivity contribution in [1.29, 1.82) is 0 Å². The molecule has 1 saturated carbocycles. The van der Waals surface area contributed by atoms with Crippen molar-refractivity contribution in [3.05, 3.63) is 35.8 Å². The van der Waals surface area contributed by atoms with Crippen LogP contribution in [-0.2, 0) is 9.53 Å². The molecule has 1 aliphatic carbocycles. The van der Waals surface area contributed by atoms with E-state index in [4.69, 9.17) is 4.74 Å². The van der Waals surface area contributed by atoms with Crippen LogP contribution in [0.3, 0.4) is 0 Å². The first-order valence-electron chi connectivity index (χ1n) is 11.7. The van der Waals surface area contributed by atoms with Gasteiger partial charge < -0.3 is 20.3 Å². The highest BCUT2D eigenvalue weighted by molar-refractivity contribution is 6.07. The molecule has 0 saturated heterocycles. The average Bonchev–Trinajstić information content (AvgIpc) is 2.82. The predicted molar refractivity (Wildman–Crippen MR) is 128 cm³/mol. The number of anilines is 3. The molecule has 9 nitrogen and oxygen atoms in total. The molecule has 10 heteroatoms. The van der Waals surface area contributed by atoms with E-state index in [-0.39, 0.29) is 17.4 Å². The number of ether oxygens (including phenoxy) is 1. The van der Waals surface area contributed by atoms with Gasteiger partial charge in [0.2, 0.25) is 5.95 Å². The monoisotopic (exact) mass is 472 g/mol. The van der Waals surface area contributed by atoms with Crippen LogP contribution in [0.25, 0.3) is 0 Å². The van der Waals surface area contributed by atoms with Gasteiger partial charge in [0.25, 0.3) is 5.91 Å². The minimum Gasteiger partial charge on any atom is -0.466 e. The number of esters is 1. The Labute approximate surface area is 199 Å². The molecule has 0 aliphatic heterocycles. The Morgan fingerprint density at radius 3 is 2.47 bits per heavy atom. The van der Waals surface area contributed by atoms with Crippen molar-refractivity contribution in [2.24, 2.45) is 11.8 Å². The number of hydrogen-bond donors (Lipinski definition) is 2. The first kappa shape index (κ1) is 25.3. The maximum atomic E-state index is 13.8. The van der Waals surface area contributed by atoms with Crippen LogP contribution >= 0.6 is 0 Å². The van der Waals surface area contributed by atoms with Gasteiger partial charge >= 0.3 is 5.97 Å². The largest absolute Gasteiger partial charge is 0.466 e. The highest BCUT2D eigenvalue weighted by atomic mass is 19.1. The molecule has 184 valence electrons. The molecule has 1 amide bonds. The number of amides is 1. The molecule has 2 N–H and O–H groups in total. The van der Waals surface area contributed by atoms with Crippen LogP contribution in [0.2, 0.25) is 0 Å². The fourth-order valence-corrected chi connectivity index (χ4v) is 4.09. The lowest BCUT2D eigenvalue weighted by Gasteiger charge is -2.28. The fraction of sp³-hybridized carbons (Fsp3) is 0.542. The zero-order valence-electron chi connectivity index (χ0n) is 20.0. The van der Waals surface area contributed by atoms with Crippen LogP contribution in [0.15, 0.2) is 24.3 Å². The summed E-state index contributed by atoms with van der Waals surface area (Å²) in [5.41, 5.74) is 0.239. The van der Waals surface area contributed by atoms with E-state index < -0.39 is 11.9 Å². The molecule has 2 aromatic heterocycles. The van der Waals surface area contributed by atoms with E-state index in [2.05, 4.69) is 25.8 Å². The number of carbonyl (C=O) groups is 2. The van der Waals surface area contributed by atoms with Crippen molar-refractivity contribution in [2.75, 3.05) is 42.8 Å². The molecule has 3 rings (SSSR count). The van der Waals surface area contributed by atoms with Crippen molar-refractivity contribution in [1.82, 2.24) is 15.2 Å². The predicted octanol–water partition coefficient (Wildman–Crippen LogP) is 3.89. The first-order valence-corrected chi connectivity index (χ1v) is 11.7. The Morgan fingerprint density at radius 1 is 1.09 bits per heavy atom. The van der Waals surface area contributed by atoms with Crippen LogP contribution in [0, 0.1) is 17.8 Å². The Hall–Kier alpha value is -3.30. The average molecular weight is 473 g/mol. The molecule has 0 radical (unpaired) electrons. The summed E-state index contributed by atoms with van der Waals surface area (Å²) >= 11 is 0. The molecule has 34 heavy (non-hydrogen) atoms. The van der Waals surface area contributed by atoms with E-state index in [9.17, 15) is 14.0 Å². The molecule has 1 fully saturated rings. The molecular weight excluding hydrogens is 439 g/mol. The van der Waals surface area contributed by atoms with Crippen molar-refractivity contribution in [2.45, 2.75) is 45.4 Å². The summed E-state index contributed by atoms with van der Waals surface area (Å²) in [5.74, 6) is 0.861. The van der Waals surface area contributed by atoms with Crippen molar-refractivity contribution in [3.63, 3.8) is 0 Å². The maximum Gasteiger partial charge on any atom is 0.305 e. The van der Waals surface area contributed by atoms with E-state index in [1.807, 2.05) is 21.0 Å². The van der Waals surface area contributed by atoms with Gasteiger partial charge in [-0.1, -0.05) is 12.8 Å². The van der Waals surface area contributed by atoms with Gasteiger partial charge in [0, 0.05) is 27.1 Å². The minimum absolute atomic E-state index is 0.131. The summed E-state index contributed by atoms with van der Waals surface area (Å²) in [6.45, 7) is 2.83. The second kappa shape index (κ2) is 12.2. The third-order valence-corrected chi connectivity index (χ3v) is 6.04. The van der Waals surface area contributed by atoms with Gasteiger partial charge in [0.15, 0.2) is 11.6 Å². The maximum absolute atomic E-state index is 13.8. The summed E-state index contributed by atoms with van der Waals surface area (Å²) in [4.78, 5) is 30.1. The van der Waals surface area contributed by atoms with Crippen LogP contribution in [0.1, 0.15) is 55.8 Å². The molecule has 0 atom stereocenters. The normalized spacial score (nSPS) is 17.6. The summed E-state index contributed by atoms with van der Waals surface area (Å²) in [6, 6.07) is 5.97. The summed E-state index contributed by atoms with van der Waals surface area (Å²) in [6.07, 6.45) is 5.41. The smallest absolute Gasteiger partial charge is 0.305 e. The summed E-state index contributed by atoms with van der Waals surface area (Å²) in [7, 11) is 3.70. The Morgan fingerprint density at radius 2 is 1.82 bits per heavy atom. The Balaban J connectivity index is 1.53. The quantitative estimate of drug-likeness (QED) is 0.396. The van der Waals surface area contributed by atoms with Gasteiger partial charge in [-0.3, -0.25) is 9.59 Å². The van der Waals surface area contributed by atoms with Crippen LogP contribution in [0.5, 0.6) is 0 Å². The lowest BCUT2D eigenvalue weighted by Crippen LogP contribution is -2.24. The molecule has 0 unspecified atom stereocenters. The lowest BCUT2D eigenvalue weighted by atomic mass is 9.80. The Kier molecular flexibility index (Phi) is 9.12. The highest BCUT2D eigenvalue weighted by Gasteiger charge is 2.23. The molecule has 1 aliphatic rings. The number of pyridine rings is 1. The second-order valence-corrected chi connectivity index (χ2v) is 8.77. The molecule has 0 spiro atoms. The third kappa shape index (κ3) is 7.36. The molecule has 2 heterocycles. The summed E-state index contributed by atoms with van der Waals surface area (Å²) in [5, 5.41) is 13.9. The van der Waals surface area contributed by atoms with Crippen LogP contribution in [0.4, 0.5) is 21.8 Å². The number of halogens is 1. The van der Waals surface area contributed by atoms with E-state index in [0.29, 0.717) is 43.0 Å². The van der Waals surface area contributed by atoms with E-state index >= 15 is 0 Å². The van der Waals surface area contributed by atoms with Gasteiger partial charge in [-0.25, -0.2) is 4.98 Å². The zero-order chi connectivity index (χ0) is 24.5. The fourth-order valence-electron chi connectivity index (χ4n) is 4.09. The van der Waals surface area contributed by atoms with Crippen LogP contribution < -0.4 is 15.5 Å². The van der Waals surface area contributed by atoms with Gasteiger partial charge in [-0.2, -0.15) is 4.39 Å². The lowest BCUT2D eigenvalue weighted by molar-refractivity contribution is -0.143. The van der Waals surface area contributed by atoms with Crippen molar-refractivity contribution < 1.29 is 18.7 Å². The highest BCUT2D eigenvalue weighted by Crippen LogP contribution is 2.32. The number of nitrogens with one attached hydrogen (secondary N) is 2. The van der Waals surface area contributed by atoms with E-state index in [1.165, 1.54) is 6.07 Å². The minimum atomic E-state index is -0.656. The van der Waals surface area contributed by atoms with Crippen molar-refractivity contribution in [3.8, 4) is 0 Å². The number of carbonyl (C=O) groups excluding carboxylic acids is 2. The van der Waals surface area contributed by atoms with Gasteiger partial charge in [0.1, 0.15) is 5.82 Å². The number of hydrogen-bond acceptors (Lipinski definition) is 8. The first-order chi connectivity index (χ1) is 16.4. The third-order valence-electron chi connectivity index (χ3n) is 6.04. The second-order valence-electron chi connectivity index (χ2n) is 8.77. The van der Waals surface area contributed by atoms with E-state index in [1.54, 1.807) is 17.0 Å². The van der Waals surface area contributed by atoms with Crippen molar-refractivity contribution >= 4 is 29.3 Å². The topological polar surface area (TPSA) is 109 Å². The summed E-state index contributed by atoms with van der Waals surface area (Å²) < 4.78 is 18.8. The number of rotatable bonds is 10. The van der Waals surface area contributed by atoms with E-state index in [0.717, 1.165) is 38.2 Å². The molecule has 2 aromatic rings. The van der Waals surface area contributed by atoms with Gasteiger partial charge in [0.05, 0.1) is 12.2 Å². The molecule has 0 aromatic carbocycles. The van der Waals surface area contributed by atoms with Crippen LogP contribution in [-0.4, -0.2) is 54.3 Å². The molecular formula is C24H33FN6O3. The van der Waals surface area contributed by atoms with Gasteiger partial charge in [-0.05, 0) is 62.3 Å².